The van der Waals surface area contributed by atoms with E-state index in [1.807, 2.05) is 19.9 Å². The molecule has 0 fully saturated rings. The molecule has 0 aliphatic carbocycles. The van der Waals surface area contributed by atoms with Gasteiger partial charge in [-0.1, -0.05) is 48.0 Å². The van der Waals surface area contributed by atoms with Crippen molar-refractivity contribution in [1.29, 1.82) is 0 Å². The minimum atomic E-state index is -3.96. The number of carbonyl (C=O) groups is 1. The molecule has 6 nitrogen and oxygen atoms in total. The summed E-state index contributed by atoms with van der Waals surface area (Å²) in [6.45, 7) is 3.33. The molecule has 0 unspecified atom stereocenters. The fourth-order valence-corrected chi connectivity index (χ4v) is 4.57. The zero-order chi connectivity index (χ0) is 22.4. The molecule has 3 rings (SSSR count). The number of benzene rings is 3. The Morgan fingerprint density at radius 3 is 2.23 bits per heavy atom. The quantitative estimate of drug-likeness (QED) is 0.426. The first-order valence-corrected chi connectivity index (χ1v) is 11.3. The molecule has 160 valence electrons. The molecule has 0 aromatic heterocycles. The number of aryl methyl sites for hydroxylation is 2. The molecule has 1 amide bonds. The number of amides is 1. The van der Waals surface area contributed by atoms with Crippen LogP contribution in [0.1, 0.15) is 16.7 Å². The van der Waals surface area contributed by atoms with Gasteiger partial charge in [0.15, 0.2) is 0 Å². The second kappa shape index (κ2) is 9.76. The maximum atomic E-state index is 13.3. The molecule has 1 N–H and O–H groups in total. The second-order valence-electron chi connectivity index (χ2n) is 7.02. The molecule has 0 aliphatic rings. The topological polar surface area (TPSA) is 78.8 Å². The standard InChI is InChI=1S/C23H22ClN3O3S/c1-17-12-18(2)14-21(13-17)27(31(29,30)22-6-4-3-5-7-22)16-23(28)26-25-15-19-8-10-20(24)11-9-19/h3-15H,16H2,1-2H3,(H,26,28)/b25-15-. The lowest BCUT2D eigenvalue weighted by Gasteiger charge is -2.24. The van der Waals surface area contributed by atoms with Crippen molar-refractivity contribution in [2.24, 2.45) is 5.10 Å². The number of hydrogen-bond donors (Lipinski definition) is 1. The van der Waals surface area contributed by atoms with E-state index in [0.717, 1.165) is 21.0 Å². The molecule has 0 atom stereocenters. The maximum Gasteiger partial charge on any atom is 0.264 e. The Balaban J connectivity index is 1.86. The van der Waals surface area contributed by atoms with Gasteiger partial charge in [-0.25, -0.2) is 13.8 Å². The summed E-state index contributed by atoms with van der Waals surface area (Å²) in [7, 11) is -3.96. The zero-order valence-electron chi connectivity index (χ0n) is 17.1. The maximum absolute atomic E-state index is 13.3. The van der Waals surface area contributed by atoms with E-state index in [4.69, 9.17) is 11.6 Å². The minimum Gasteiger partial charge on any atom is -0.271 e. The first-order valence-electron chi connectivity index (χ1n) is 9.49. The second-order valence-corrected chi connectivity index (χ2v) is 9.31. The van der Waals surface area contributed by atoms with E-state index in [-0.39, 0.29) is 4.90 Å². The van der Waals surface area contributed by atoms with Crippen LogP contribution in [0.5, 0.6) is 0 Å². The Morgan fingerprint density at radius 2 is 1.61 bits per heavy atom. The molecule has 31 heavy (non-hydrogen) atoms. The Hall–Kier alpha value is -3.16. The number of nitrogens with zero attached hydrogens (tertiary/aromatic N) is 2. The average molecular weight is 456 g/mol. The molecule has 0 spiro atoms. The van der Waals surface area contributed by atoms with Crippen LogP contribution in [-0.4, -0.2) is 27.1 Å². The van der Waals surface area contributed by atoms with Gasteiger partial charge < -0.3 is 0 Å². The van der Waals surface area contributed by atoms with E-state index < -0.39 is 22.5 Å². The van der Waals surface area contributed by atoms with Crippen molar-refractivity contribution in [3.8, 4) is 0 Å². The lowest BCUT2D eigenvalue weighted by molar-refractivity contribution is -0.119. The van der Waals surface area contributed by atoms with Crippen molar-refractivity contribution in [1.82, 2.24) is 5.43 Å². The highest BCUT2D eigenvalue weighted by Gasteiger charge is 2.27. The van der Waals surface area contributed by atoms with E-state index >= 15 is 0 Å². The molecule has 0 saturated heterocycles. The van der Waals surface area contributed by atoms with Gasteiger partial charge in [0.1, 0.15) is 6.54 Å². The first kappa shape index (κ1) is 22.5. The van der Waals surface area contributed by atoms with Gasteiger partial charge in [0.2, 0.25) is 0 Å². The van der Waals surface area contributed by atoms with Gasteiger partial charge in [-0.2, -0.15) is 5.10 Å². The monoisotopic (exact) mass is 455 g/mol. The normalized spacial score (nSPS) is 11.5. The van der Waals surface area contributed by atoms with E-state index in [2.05, 4.69) is 10.5 Å². The summed E-state index contributed by atoms with van der Waals surface area (Å²) in [6, 6.07) is 20.3. The van der Waals surface area contributed by atoms with E-state index in [1.165, 1.54) is 18.3 Å². The van der Waals surface area contributed by atoms with Crippen molar-refractivity contribution in [3.63, 3.8) is 0 Å². The fraction of sp³-hybridized carbons (Fsp3) is 0.130. The van der Waals surface area contributed by atoms with Gasteiger partial charge in [-0.05, 0) is 66.9 Å². The van der Waals surface area contributed by atoms with Crippen molar-refractivity contribution in [3.05, 3.63) is 94.5 Å². The smallest absolute Gasteiger partial charge is 0.264 e. The molecule has 0 heterocycles. The summed E-state index contributed by atoms with van der Waals surface area (Å²) in [4.78, 5) is 12.7. The lowest BCUT2D eigenvalue weighted by Crippen LogP contribution is -2.39. The van der Waals surface area contributed by atoms with Crippen molar-refractivity contribution in [2.75, 3.05) is 10.8 Å². The molecular weight excluding hydrogens is 434 g/mol. The number of anilines is 1. The van der Waals surface area contributed by atoms with Crippen LogP contribution in [0.2, 0.25) is 5.02 Å². The summed E-state index contributed by atoms with van der Waals surface area (Å²) in [5.41, 5.74) is 5.33. The number of rotatable bonds is 7. The molecule has 8 heteroatoms. The molecule has 0 aliphatic heterocycles. The van der Waals surface area contributed by atoms with Gasteiger partial charge in [0, 0.05) is 5.02 Å². The number of hydrogen-bond acceptors (Lipinski definition) is 4. The molecule has 0 radical (unpaired) electrons. The summed E-state index contributed by atoms with van der Waals surface area (Å²) < 4.78 is 27.7. The van der Waals surface area contributed by atoms with Crippen LogP contribution in [0.15, 0.2) is 82.8 Å². The van der Waals surface area contributed by atoms with Crippen LogP contribution in [0.25, 0.3) is 0 Å². The third-order valence-corrected chi connectivity index (χ3v) is 6.43. The lowest BCUT2D eigenvalue weighted by atomic mass is 10.1. The zero-order valence-corrected chi connectivity index (χ0v) is 18.7. The SMILES string of the molecule is Cc1cc(C)cc(N(CC(=O)N/N=C\c2ccc(Cl)cc2)S(=O)(=O)c2ccccc2)c1. The first-order chi connectivity index (χ1) is 14.8. The average Bonchev–Trinajstić information content (AvgIpc) is 2.73. The number of sulfonamides is 1. The van der Waals surface area contributed by atoms with Gasteiger partial charge in [0.05, 0.1) is 16.8 Å². The predicted molar refractivity (Wildman–Crippen MR) is 124 cm³/mol. The summed E-state index contributed by atoms with van der Waals surface area (Å²) in [5.74, 6) is -0.566. The van der Waals surface area contributed by atoms with Crippen LogP contribution in [0.4, 0.5) is 5.69 Å². The molecule has 3 aromatic rings. The number of nitrogens with one attached hydrogen (secondary N) is 1. The van der Waals surface area contributed by atoms with E-state index in [9.17, 15) is 13.2 Å². The highest BCUT2D eigenvalue weighted by atomic mass is 35.5. The highest BCUT2D eigenvalue weighted by Crippen LogP contribution is 2.25. The molecule has 3 aromatic carbocycles. The third kappa shape index (κ3) is 5.93. The van der Waals surface area contributed by atoms with E-state index in [0.29, 0.717) is 10.7 Å². The Morgan fingerprint density at radius 1 is 1.00 bits per heavy atom. The largest absolute Gasteiger partial charge is 0.271 e. The molecule has 0 saturated carbocycles. The number of carbonyl (C=O) groups excluding carboxylic acids is 1. The number of hydrazone groups is 1. The Bertz CT molecular complexity index is 1170. The van der Waals surface area contributed by atoms with Crippen molar-refractivity contribution >= 4 is 39.4 Å². The van der Waals surface area contributed by atoms with Crippen LogP contribution in [0, 0.1) is 13.8 Å². The third-order valence-electron chi connectivity index (χ3n) is 4.39. The Kier molecular flexibility index (Phi) is 7.09. The van der Waals surface area contributed by atoms with Crippen LogP contribution in [0.3, 0.4) is 0 Å². The fourth-order valence-electron chi connectivity index (χ4n) is 3.02. The highest BCUT2D eigenvalue weighted by molar-refractivity contribution is 7.92. The molecular formula is C23H22ClN3O3S. The number of halogens is 1. The van der Waals surface area contributed by atoms with Crippen molar-refractivity contribution in [2.45, 2.75) is 18.7 Å². The van der Waals surface area contributed by atoms with Crippen molar-refractivity contribution < 1.29 is 13.2 Å². The van der Waals surface area contributed by atoms with Gasteiger partial charge in [-0.15, -0.1) is 0 Å². The van der Waals surface area contributed by atoms with Crippen LogP contribution in [-0.2, 0) is 14.8 Å². The molecule has 0 bridgehead atoms. The van der Waals surface area contributed by atoms with Gasteiger partial charge in [0.25, 0.3) is 15.9 Å². The van der Waals surface area contributed by atoms with Crippen LogP contribution < -0.4 is 9.73 Å². The summed E-state index contributed by atoms with van der Waals surface area (Å²) in [6.07, 6.45) is 1.46. The predicted octanol–water partition coefficient (Wildman–Crippen LogP) is 4.30. The Labute approximate surface area is 187 Å². The van der Waals surface area contributed by atoms with Gasteiger partial charge >= 0.3 is 0 Å². The van der Waals surface area contributed by atoms with E-state index in [1.54, 1.807) is 54.6 Å². The summed E-state index contributed by atoms with van der Waals surface area (Å²) >= 11 is 5.85. The van der Waals surface area contributed by atoms with Gasteiger partial charge in [-0.3, -0.25) is 9.10 Å². The summed E-state index contributed by atoms with van der Waals surface area (Å²) in [5, 5.41) is 4.51. The van der Waals surface area contributed by atoms with Crippen LogP contribution >= 0.6 is 11.6 Å². The minimum absolute atomic E-state index is 0.103.